The number of nitrogens with zero attached hydrogens (tertiary/aromatic N) is 1. The van der Waals surface area contributed by atoms with E-state index in [1.807, 2.05) is 13.8 Å². The number of carbonyl (C=O) groups is 1. The second-order valence-electron chi connectivity index (χ2n) is 4.56. The summed E-state index contributed by atoms with van der Waals surface area (Å²) in [6, 6.07) is 0.459. The molecule has 2 atom stereocenters. The summed E-state index contributed by atoms with van der Waals surface area (Å²) in [6.07, 6.45) is 3.29. The van der Waals surface area contributed by atoms with Gasteiger partial charge in [-0.1, -0.05) is 13.8 Å². The SMILES string of the molecule is CCOC(=O)C(CC)N(CC)CC1CCCN1. The molecule has 1 saturated heterocycles. The van der Waals surface area contributed by atoms with Crippen LogP contribution in [0.3, 0.4) is 0 Å². The van der Waals surface area contributed by atoms with Crippen molar-refractivity contribution in [1.82, 2.24) is 10.2 Å². The first kappa shape index (κ1) is 14.5. The summed E-state index contributed by atoms with van der Waals surface area (Å²) >= 11 is 0. The Morgan fingerprint density at radius 2 is 2.24 bits per heavy atom. The van der Waals surface area contributed by atoms with Gasteiger partial charge >= 0.3 is 5.97 Å². The molecule has 2 unspecified atom stereocenters. The Kier molecular flexibility index (Phi) is 6.52. The van der Waals surface area contributed by atoms with Crippen molar-refractivity contribution < 1.29 is 9.53 Å². The van der Waals surface area contributed by atoms with Crippen molar-refractivity contribution in [2.45, 2.75) is 52.1 Å². The van der Waals surface area contributed by atoms with Gasteiger partial charge in [0.2, 0.25) is 0 Å². The molecule has 0 bridgehead atoms. The summed E-state index contributed by atoms with van der Waals surface area (Å²) in [7, 11) is 0. The minimum Gasteiger partial charge on any atom is -0.465 e. The molecule has 0 aliphatic carbocycles. The molecule has 0 amide bonds. The summed E-state index contributed by atoms with van der Waals surface area (Å²) in [5, 5.41) is 3.48. The maximum Gasteiger partial charge on any atom is 0.323 e. The highest BCUT2D eigenvalue weighted by Crippen LogP contribution is 2.12. The molecule has 0 aromatic heterocycles. The van der Waals surface area contributed by atoms with Crippen LogP contribution in [0, 0.1) is 0 Å². The Bertz CT molecular complexity index is 227. The zero-order chi connectivity index (χ0) is 12.7. The molecule has 1 aliphatic heterocycles. The smallest absolute Gasteiger partial charge is 0.323 e. The minimum atomic E-state index is -0.0812. The third kappa shape index (κ3) is 4.28. The normalized spacial score (nSPS) is 21.8. The highest BCUT2D eigenvalue weighted by molar-refractivity contribution is 5.75. The van der Waals surface area contributed by atoms with Crippen LogP contribution in [0.4, 0.5) is 0 Å². The third-order valence-corrected chi connectivity index (χ3v) is 3.41. The number of hydrogen-bond donors (Lipinski definition) is 1. The minimum absolute atomic E-state index is 0.0742. The van der Waals surface area contributed by atoms with Gasteiger partial charge in [-0.3, -0.25) is 9.69 Å². The average Bonchev–Trinajstić information content (AvgIpc) is 2.81. The predicted octanol–water partition coefficient (Wildman–Crippen LogP) is 1.40. The lowest BCUT2D eigenvalue weighted by atomic mass is 10.1. The summed E-state index contributed by atoms with van der Waals surface area (Å²) in [4.78, 5) is 14.1. The first-order valence-corrected chi connectivity index (χ1v) is 6.86. The van der Waals surface area contributed by atoms with Crippen LogP contribution < -0.4 is 5.32 Å². The molecule has 1 fully saturated rings. The second-order valence-corrected chi connectivity index (χ2v) is 4.56. The van der Waals surface area contributed by atoms with Crippen LogP contribution in [0.2, 0.25) is 0 Å². The van der Waals surface area contributed by atoms with Crippen LogP contribution in [0.5, 0.6) is 0 Å². The Morgan fingerprint density at radius 3 is 2.71 bits per heavy atom. The first-order valence-electron chi connectivity index (χ1n) is 6.86. The van der Waals surface area contributed by atoms with Crippen LogP contribution in [0.15, 0.2) is 0 Å². The molecule has 0 radical (unpaired) electrons. The Hall–Kier alpha value is -0.610. The molecule has 0 aromatic carbocycles. The zero-order valence-corrected chi connectivity index (χ0v) is 11.4. The molecular formula is C13H26N2O2. The molecule has 1 aliphatic rings. The van der Waals surface area contributed by atoms with E-state index in [1.54, 1.807) is 0 Å². The van der Waals surface area contributed by atoms with Gasteiger partial charge in [-0.25, -0.2) is 0 Å². The molecule has 17 heavy (non-hydrogen) atoms. The molecule has 0 spiro atoms. The Balaban J connectivity index is 2.52. The van der Waals surface area contributed by atoms with E-state index in [0.717, 1.165) is 26.1 Å². The number of rotatable bonds is 7. The molecule has 0 aromatic rings. The van der Waals surface area contributed by atoms with Crippen LogP contribution >= 0.6 is 0 Å². The maximum absolute atomic E-state index is 11.9. The fraction of sp³-hybridized carbons (Fsp3) is 0.923. The number of nitrogens with one attached hydrogen (secondary N) is 1. The molecule has 1 heterocycles. The van der Waals surface area contributed by atoms with E-state index in [-0.39, 0.29) is 12.0 Å². The molecule has 0 saturated carbocycles. The van der Waals surface area contributed by atoms with Gasteiger partial charge in [-0.05, 0) is 39.3 Å². The average molecular weight is 242 g/mol. The second kappa shape index (κ2) is 7.67. The fourth-order valence-electron chi connectivity index (χ4n) is 2.48. The van der Waals surface area contributed by atoms with Gasteiger partial charge in [0.05, 0.1) is 6.61 Å². The largest absolute Gasteiger partial charge is 0.465 e. The van der Waals surface area contributed by atoms with Crippen LogP contribution in [-0.4, -0.2) is 49.2 Å². The van der Waals surface area contributed by atoms with E-state index in [4.69, 9.17) is 4.74 Å². The monoisotopic (exact) mass is 242 g/mol. The van der Waals surface area contributed by atoms with Gasteiger partial charge in [0.25, 0.3) is 0 Å². The van der Waals surface area contributed by atoms with E-state index < -0.39 is 0 Å². The van der Waals surface area contributed by atoms with Crippen LogP contribution in [0.1, 0.15) is 40.0 Å². The highest BCUT2D eigenvalue weighted by atomic mass is 16.5. The molecule has 4 nitrogen and oxygen atoms in total. The topological polar surface area (TPSA) is 41.6 Å². The molecule has 4 heteroatoms. The number of ether oxygens (including phenoxy) is 1. The van der Waals surface area contributed by atoms with Gasteiger partial charge in [-0.2, -0.15) is 0 Å². The standard InChI is InChI=1S/C13H26N2O2/c1-4-12(13(16)17-6-3)15(5-2)10-11-8-7-9-14-11/h11-12,14H,4-10H2,1-3H3. The van der Waals surface area contributed by atoms with Crippen molar-refractivity contribution in [2.75, 3.05) is 26.2 Å². The lowest BCUT2D eigenvalue weighted by Crippen LogP contribution is -2.47. The van der Waals surface area contributed by atoms with Crippen molar-refractivity contribution in [1.29, 1.82) is 0 Å². The number of carbonyl (C=O) groups excluding carboxylic acids is 1. The molecule has 100 valence electrons. The highest BCUT2D eigenvalue weighted by Gasteiger charge is 2.27. The summed E-state index contributed by atoms with van der Waals surface area (Å²) in [6.45, 7) is 9.44. The molecular weight excluding hydrogens is 216 g/mol. The van der Waals surface area contributed by atoms with Gasteiger partial charge in [0, 0.05) is 12.6 Å². The lowest BCUT2D eigenvalue weighted by Gasteiger charge is -2.30. The first-order chi connectivity index (χ1) is 8.22. The van der Waals surface area contributed by atoms with Gasteiger partial charge < -0.3 is 10.1 Å². The van der Waals surface area contributed by atoms with E-state index in [0.29, 0.717) is 12.6 Å². The van der Waals surface area contributed by atoms with Gasteiger partial charge in [0.1, 0.15) is 6.04 Å². The fourth-order valence-corrected chi connectivity index (χ4v) is 2.48. The summed E-state index contributed by atoms with van der Waals surface area (Å²) < 4.78 is 5.14. The zero-order valence-electron chi connectivity index (χ0n) is 11.4. The van der Waals surface area contributed by atoms with Crippen molar-refractivity contribution in [3.8, 4) is 0 Å². The lowest BCUT2D eigenvalue weighted by molar-refractivity contribution is -0.149. The maximum atomic E-state index is 11.9. The van der Waals surface area contributed by atoms with Crippen LogP contribution in [-0.2, 0) is 9.53 Å². The van der Waals surface area contributed by atoms with Gasteiger partial charge in [-0.15, -0.1) is 0 Å². The number of hydrogen-bond acceptors (Lipinski definition) is 4. The van der Waals surface area contributed by atoms with E-state index in [9.17, 15) is 4.79 Å². The summed E-state index contributed by atoms with van der Waals surface area (Å²) in [5.74, 6) is -0.0742. The van der Waals surface area contributed by atoms with E-state index in [1.165, 1.54) is 12.8 Å². The van der Waals surface area contributed by atoms with Crippen molar-refractivity contribution >= 4 is 5.97 Å². The Labute approximate surface area is 105 Å². The third-order valence-electron chi connectivity index (χ3n) is 3.41. The van der Waals surface area contributed by atoms with Crippen molar-refractivity contribution in [2.24, 2.45) is 0 Å². The molecule has 1 N–H and O–H groups in total. The Morgan fingerprint density at radius 1 is 1.47 bits per heavy atom. The molecule has 1 rings (SSSR count). The van der Waals surface area contributed by atoms with E-state index in [2.05, 4.69) is 17.1 Å². The quantitative estimate of drug-likeness (QED) is 0.685. The number of esters is 1. The summed E-state index contributed by atoms with van der Waals surface area (Å²) in [5.41, 5.74) is 0. The predicted molar refractivity (Wildman–Crippen MR) is 69.0 cm³/mol. The van der Waals surface area contributed by atoms with Crippen molar-refractivity contribution in [3.63, 3.8) is 0 Å². The van der Waals surface area contributed by atoms with E-state index >= 15 is 0 Å². The van der Waals surface area contributed by atoms with Crippen LogP contribution in [0.25, 0.3) is 0 Å². The van der Waals surface area contributed by atoms with Crippen molar-refractivity contribution in [3.05, 3.63) is 0 Å². The number of likely N-dealkylation sites (N-methyl/N-ethyl adjacent to an activating group) is 1. The van der Waals surface area contributed by atoms with Gasteiger partial charge in [0.15, 0.2) is 0 Å².